The molecular weight excluding hydrogens is 310 g/mol. The van der Waals surface area contributed by atoms with Gasteiger partial charge >= 0.3 is 5.69 Å². The largest absolute Gasteiger partial charge is 0.437 e. The number of benzene rings is 1. The van der Waals surface area contributed by atoms with Crippen molar-refractivity contribution in [1.82, 2.24) is 4.98 Å². The molecule has 124 valence electrons. The van der Waals surface area contributed by atoms with E-state index in [0.717, 1.165) is 6.42 Å². The Kier molecular flexibility index (Phi) is 4.16. The third-order valence-corrected chi connectivity index (χ3v) is 4.06. The zero-order valence-corrected chi connectivity index (χ0v) is 13.4. The number of nitro groups is 1. The number of hydrogen-bond acceptors (Lipinski definition) is 6. The molecule has 1 aromatic carbocycles. The molecule has 0 saturated heterocycles. The lowest BCUT2D eigenvalue weighted by molar-refractivity contribution is -0.384. The highest BCUT2D eigenvalue weighted by Crippen LogP contribution is 2.27. The number of nitrogens with zero attached hydrogens (tertiary/aromatic N) is 2. The molecule has 1 unspecified atom stereocenters. The molecule has 7 heteroatoms. The maximum absolute atomic E-state index is 12.5. The van der Waals surface area contributed by atoms with Crippen LogP contribution in [-0.4, -0.2) is 16.5 Å². The maximum atomic E-state index is 12.5. The van der Waals surface area contributed by atoms with E-state index in [-0.39, 0.29) is 28.0 Å². The Labute approximate surface area is 137 Å². The quantitative estimate of drug-likeness (QED) is 0.436. The van der Waals surface area contributed by atoms with Gasteiger partial charge < -0.3 is 9.73 Å². The molecule has 3 aromatic rings. The monoisotopic (exact) mass is 327 g/mol. The molecule has 0 amide bonds. The Bertz CT molecular complexity index is 981. The number of pyridine rings is 1. The van der Waals surface area contributed by atoms with Gasteiger partial charge in [0.2, 0.25) is 17.0 Å². The Morgan fingerprint density at radius 3 is 2.79 bits per heavy atom. The summed E-state index contributed by atoms with van der Waals surface area (Å²) in [5, 5.41) is 14.8. The number of fused-ring (bicyclic) bond motifs is 2. The Hall–Kier alpha value is -2.96. The molecule has 3 rings (SSSR count). The topological polar surface area (TPSA) is 98.3 Å². The first kappa shape index (κ1) is 15.9. The van der Waals surface area contributed by atoms with Gasteiger partial charge in [-0.3, -0.25) is 14.9 Å². The molecule has 0 spiro atoms. The van der Waals surface area contributed by atoms with Crippen molar-refractivity contribution in [1.29, 1.82) is 0 Å². The van der Waals surface area contributed by atoms with E-state index in [0.29, 0.717) is 23.4 Å². The number of hydrogen-bond donors (Lipinski definition) is 1. The molecule has 0 radical (unpaired) electrons. The second-order valence-electron chi connectivity index (χ2n) is 5.79. The van der Waals surface area contributed by atoms with Crippen molar-refractivity contribution in [2.24, 2.45) is 5.92 Å². The zero-order valence-electron chi connectivity index (χ0n) is 13.4. The molecule has 1 atom stereocenters. The first-order valence-corrected chi connectivity index (χ1v) is 7.76. The van der Waals surface area contributed by atoms with Crippen LogP contribution in [0.1, 0.15) is 20.3 Å². The lowest BCUT2D eigenvalue weighted by Crippen LogP contribution is -2.13. The van der Waals surface area contributed by atoms with Crippen molar-refractivity contribution in [2.75, 3.05) is 11.9 Å². The van der Waals surface area contributed by atoms with Gasteiger partial charge in [0.15, 0.2) is 0 Å². The SMILES string of the molecule is CCC(C)CNc1nc2oc3ccccc3c(=O)c2cc1[N+](=O)[O-]. The van der Waals surface area contributed by atoms with Gasteiger partial charge in [-0.05, 0) is 18.1 Å². The van der Waals surface area contributed by atoms with E-state index < -0.39 is 4.92 Å². The van der Waals surface area contributed by atoms with E-state index >= 15 is 0 Å². The van der Waals surface area contributed by atoms with Gasteiger partial charge in [0.1, 0.15) is 5.58 Å². The van der Waals surface area contributed by atoms with Crippen molar-refractivity contribution >= 4 is 33.6 Å². The number of rotatable bonds is 5. The van der Waals surface area contributed by atoms with Crippen LogP contribution >= 0.6 is 0 Å². The highest BCUT2D eigenvalue weighted by Gasteiger charge is 2.20. The molecule has 1 N–H and O–H groups in total. The Morgan fingerprint density at radius 2 is 2.08 bits per heavy atom. The zero-order chi connectivity index (χ0) is 17.3. The smallest absolute Gasteiger partial charge is 0.312 e. The molecule has 24 heavy (non-hydrogen) atoms. The minimum Gasteiger partial charge on any atom is -0.437 e. The van der Waals surface area contributed by atoms with Crippen molar-refractivity contribution in [3.05, 3.63) is 50.7 Å². The van der Waals surface area contributed by atoms with Crippen LogP contribution in [0.3, 0.4) is 0 Å². The number of anilines is 1. The fourth-order valence-electron chi connectivity index (χ4n) is 2.40. The van der Waals surface area contributed by atoms with Gasteiger partial charge in [-0.15, -0.1) is 0 Å². The number of para-hydroxylation sites is 1. The Balaban J connectivity index is 2.21. The van der Waals surface area contributed by atoms with Gasteiger partial charge in [0, 0.05) is 12.6 Å². The lowest BCUT2D eigenvalue weighted by Gasteiger charge is -2.11. The normalized spacial score (nSPS) is 12.4. The molecule has 0 aliphatic rings. The summed E-state index contributed by atoms with van der Waals surface area (Å²) < 4.78 is 5.66. The van der Waals surface area contributed by atoms with Crippen LogP contribution in [0.5, 0.6) is 0 Å². The van der Waals surface area contributed by atoms with Crippen molar-refractivity contribution in [3.63, 3.8) is 0 Å². The van der Waals surface area contributed by atoms with E-state index in [1.54, 1.807) is 24.3 Å². The fourth-order valence-corrected chi connectivity index (χ4v) is 2.40. The standard InChI is InChI=1S/C17H17N3O4/c1-3-10(2)9-18-16-13(20(22)23)8-12-15(21)11-6-4-5-7-14(11)24-17(12)19-16/h4-8,10H,3,9H2,1-2H3,(H,18,19). The van der Waals surface area contributed by atoms with Crippen molar-refractivity contribution in [3.8, 4) is 0 Å². The fraction of sp³-hybridized carbons (Fsp3) is 0.294. The number of aromatic nitrogens is 1. The van der Waals surface area contributed by atoms with Crippen LogP contribution in [0.15, 0.2) is 39.5 Å². The lowest BCUT2D eigenvalue weighted by atomic mass is 10.1. The molecule has 0 fully saturated rings. The van der Waals surface area contributed by atoms with E-state index in [9.17, 15) is 14.9 Å². The van der Waals surface area contributed by atoms with Crippen LogP contribution in [-0.2, 0) is 0 Å². The molecule has 0 bridgehead atoms. The summed E-state index contributed by atoms with van der Waals surface area (Å²) in [6.45, 7) is 4.63. The van der Waals surface area contributed by atoms with Crippen LogP contribution in [0, 0.1) is 16.0 Å². The third-order valence-electron chi connectivity index (χ3n) is 4.06. The highest BCUT2D eigenvalue weighted by molar-refractivity contribution is 5.90. The third kappa shape index (κ3) is 2.80. The predicted molar refractivity (Wildman–Crippen MR) is 92.4 cm³/mol. The average Bonchev–Trinajstić information content (AvgIpc) is 2.59. The summed E-state index contributed by atoms with van der Waals surface area (Å²) in [5.41, 5.74) is -0.0514. The maximum Gasteiger partial charge on any atom is 0.312 e. The van der Waals surface area contributed by atoms with Crippen LogP contribution < -0.4 is 10.7 Å². The average molecular weight is 327 g/mol. The van der Waals surface area contributed by atoms with Gasteiger partial charge in [-0.1, -0.05) is 32.4 Å². The van der Waals surface area contributed by atoms with E-state index in [1.165, 1.54) is 6.07 Å². The van der Waals surface area contributed by atoms with E-state index in [2.05, 4.69) is 10.3 Å². The summed E-state index contributed by atoms with van der Waals surface area (Å²) in [6.07, 6.45) is 0.939. The summed E-state index contributed by atoms with van der Waals surface area (Å²) in [4.78, 5) is 27.5. The summed E-state index contributed by atoms with van der Waals surface area (Å²) in [5.74, 6) is 0.456. The van der Waals surface area contributed by atoms with Crippen LogP contribution in [0.4, 0.5) is 11.5 Å². The first-order valence-electron chi connectivity index (χ1n) is 7.76. The molecular formula is C17H17N3O4. The molecule has 0 aliphatic carbocycles. The van der Waals surface area contributed by atoms with E-state index in [4.69, 9.17) is 4.42 Å². The van der Waals surface area contributed by atoms with Crippen molar-refractivity contribution < 1.29 is 9.34 Å². The van der Waals surface area contributed by atoms with Crippen molar-refractivity contribution in [2.45, 2.75) is 20.3 Å². The van der Waals surface area contributed by atoms with Gasteiger partial charge in [0.05, 0.1) is 15.7 Å². The molecule has 7 nitrogen and oxygen atoms in total. The first-order chi connectivity index (χ1) is 11.5. The molecule has 0 saturated carbocycles. The minimum atomic E-state index is -0.542. The molecule has 2 aromatic heterocycles. The van der Waals surface area contributed by atoms with Gasteiger partial charge in [-0.25, -0.2) is 0 Å². The van der Waals surface area contributed by atoms with E-state index in [1.807, 2.05) is 13.8 Å². The summed E-state index contributed by atoms with van der Waals surface area (Å²) >= 11 is 0. The highest BCUT2D eigenvalue weighted by atomic mass is 16.6. The van der Waals surface area contributed by atoms with Crippen LogP contribution in [0.25, 0.3) is 22.1 Å². The predicted octanol–water partition coefficient (Wildman–Crippen LogP) is 3.71. The van der Waals surface area contributed by atoms with Gasteiger partial charge in [-0.2, -0.15) is 4.98 Å². The molecule has 2 heterocycles. The summed E-state index contributed by atoms with van der Waals surface area (Å²) in [7, 11) is 0. The minimum absolute atomic E-state index is 0.0935. The molecule has 0 aliphatic heterocycles. The second kappa shape index (κ2) is 6.27. The Morgan fingerprint density at radius 1 is 1.33 bits per heavy atom. The number of nitrogens with one attached hydrogen (secondary N) is 1. The van der Waals surface area contributed by atoms with Gasteiger partial charge in [0.25, 0.3) is 0 Å². The summed E-state index contributed by atoms with van der Waals surface area (Å²) in [6, 6.07) is 8.01. The second-order valence-corrected chi connectivity index (χ2v) is 5.79. The van der Waals surface area contributed by atoms with Crippen LogP contribution in [0.2, 0.25) is 0 Å².